The first kappa shape index (κ1) is 14.9. The minimum absolute atomic E-state index is 0.0859. The third-order valence-electron chi connectivity index (χ3n) is 4.53. The van der Waals surface area contributed by atoms with Crippen LogP contribution in [0.5, 0.6) is 0 Å². The molecule has 1 aliphatic carbocycles. The Morgan fingerprint density at radius 2 is 1.77 bits per heavy atom. The van der Waals surface area contributed by atoms with Crippen LogP contribution in [0.25, 0.3) is 0 Å². The average molecular weight is 303 g/mol. The van der Waals surface area contributed by atoms with Crippen LogP contribution < -0.4 is 4.90 Å². The minimum Gasteiger partial charge on any atom is -0.480 e. The first-order chi connectivity index (χ1) is 10.7. The lowest BCUT2D eigenvalue weighted by Gasteiger charge is -2.25. The summed E-state index contributed by atoms with van der Waals surface area (Å²) in [5, 5.41) is 9.41. The van der Waals surface area contributed by atoms with Crippen molar-refractivity contribution >= 4 is 17.7 Å². The molecule has 1 N–H and O–H groups in total. The van der Waals surface area contributed by atoms with Crippen LogP contribution in [0.15, 0.2) is 24.3 Å². The van der Waals surface area contributed by atoms with Crippen molar-refractivity contribution in [3.05, 3.63) is 29.8 Å². The summed E-state index contributed by atoms with van der Waals surface area (Å²) in [5.41, 5.74) is 1.54. The van der Waals surface area contributed by atoms with Crippen molar-refractivity contribution < 1.29 is 19.4 Å². The molecule has 22 heavy (non-hydrogen) atoms. The molecule has 1 amide bonds. The number of benzene rings is 1. The molecular formula is C17H21NO4. The highest BCUT2D eigenvalue weighted by atomic mass is 16.6. The molecular weight excluding hydrogens is 282 g/mol. The van der Waals surface area contributed by atoms with Crippen LogP contribution in [0.3, 0.4) is 0 Å². The Balaban J connectivity index is 1.78. The highest BCUT2D eigenvalue weighted by Crippen LogP contribution is 2.33. The van der Waals surface area contributed by atoms with Gasteiger partial charge in [0.1, 0.15) is 12.1 Å². The maximum atomic E-state index is 12.5. The van der Waals surface area contributed by atoms with E-state index < -0.39 is 18.1 Å². The van der Waals surface area contributed by atoms with Crippen LogP contribution in [0.1, 0.15) is 44.1 Å². The highest BCUT2D eigenvalue weighted by Gasteiger charge is 2.39. The Morgan fingerprint density at radius 3 is 2.45 bits per heavy atom. The molecule has 5 nitrogen and oxygen atoms in total. The molecule has 1 saturated carbocycles. The third kappa shape index (κ3) is 2.93. The number of rotatable bonds is 2. The van der Waals surface area contributed by atoms with Gasteiger partial charge in [-0.2, -0.15) is 0 Å². The standard InChI is InChI=1S/C17H21NO4/c19-16(20)15-11-12-7-5-6-10-14(12)18(15)17(21)22-13-8-3-1-2-4-9-13/h5-7,10,13,15H,1-4,8-9,11H2,(H,19,20)/t15-/m1/s1. The second-order valence-corrected chi connectivity index (χ2v) is 6.05. The molecule has 1 atom stereocenters. The molecule has 1 aromatic carbocycles. The number of nitrogens with zero attached hydrogens (tertiary/aromatic N) is 1. The molecule has 118 valence electrons. The second kappa shape index (κ2) is 6.38. The lowest BCUT2D eigenvalue weighted by molar-refractivity contribution is -0.138. The number of aliphatic carboxylic acids is 1. The van der Waals surface area contributed by atoms with Crippen molar-refractivity contribution in [1.82, 2.24) is 0 Å². The lowest BCUT2D eigenvalue weighted by Crippen LogP contribution is -2.44. The molecule has 0 radical (unpaired) electrons. The zero-order valence-corrected chi connectivity index (χ0v) is 12.5. The van der Waals surface area contributed by atoms with Crippen LogP contribution in [0, 0.1) is 0 Å². The number of para-hydroxylation sites is 1. The number of carboxylic acid groups (broad SMARTS) is 1. The molecule has 5 heteroatoms. The molecule has 3 rings (SSSR count). The van der Waals surface area contributed by atoms with E-state index in [1.807, 2.05) is 18.2 Å². The van der Waals surface area contributed by atoms with Crippen molar-refractivity contribution in [2.24, 2.45) is 0 Å². The van der Waals surface area contributed by atoms with Gasteiger partial charge in [0, 0.05) is 6.42 Å². The molecule has 1 fully saturated rings. The number of fused-ring (bicyclic) bond motifs is 1. The molecule has 2 aliphatic rings. The number of amides is 1. The highest BCUT2D eigenvalue weighted by molar-refractivity contribution is 5.98. The topological polar surface area (TPSA) is 66.8 Å². The van der Waals surface area contributed by atoms with Crippen molar-refractivity contribution in [2.45, 2.75) is 57.1 Å². The van der Waals surface area contributed by atoms with Gasteiger partial charge in [0.15, 0.2) is 0 Å². The molecule has 1 aliphatic heterocycles. The van der Waals surface area contributed by atoms with Gasteiger partial charge < -0.3 is 9.84 Å². The number of hydrogen-bond donors (Lipinski definition) is 1. The summed E-state index contributed by atoms with van der Waals surface area (Å²) < 4.78 is 5.62. The quantitative estimate of drug-likeness (QED) is 0.851. The number of carbonyl (C=O) groups excluding carboxylic acids is 1. The van der Waals surface area contributed by atoms with E-state index in [9.17, 15) is 14.7 Å². The molecule has 0 saturated heterocycles. The Labute approximate surface area is 129 Å². The number of ether oxygens (including phenoxy) is 1. The molecule has 0 spiro atoms. The van der Waals surface area contributed by atoms with E-state index in [1.54, 1.807) is 6.07 Å². The van der Waals surface area contributed by atoms with E-state index in [0.29, 0.717) is 12.1 Å². The normalized spacial score (nSPS) is 22.0. The molecule has 1 aromatic rings. The summed E-state index contributed by atoms with van der Waals surface area (Å²) in [6, 6.07) is 6.46. The largest absolute Gasteiger partial charge is 0.480 e. The Kier molecular flexibility index (Phi) is 4.32. The fraction of sp³-hybridized carbons (Fsp3) is 0.529. The molecule has 1 heterocycles. The predicted molar refractivity (Wildman–Crippen MR) is 82.0 cm³/mol. The number of anilines is 1. The van der Waals surface area contributed by atoms with E-state index in [1.165, 1.54) is 17.7 Å². The van der Waals surface area contributed by atoms with Gasteiger partial charge in [-0.15, -0.1) is 0 Å². The van der Waals surface area contributed by atoms with E-state index >= 15 is 0 Å². The van der Waals surface area contributed by atoms with Crippen molar-refractivity contribution in [3.8, 4) is 0 Å². The third-order valence-corrected chi connectivity index (χ3v) is 4.53. The monoisotopic (exact) mass is 303 g/mol. The van der Waals surface area contributed by atoms with E-state index in [0.717, 1.165) is 31.2 Å². The van der Waals surface area contributed by atoms with Crippen LogP contribution >= 0.6 is 0 Å². The summed E-state index contributed by atoms with van der Waals surface area (Å²) >= 11 is 0. The number of hydrogen-bond acceptors (Lipinski definition) is 3. The van der Waals surface area contributed by atoms with Crippen LogP contribution in [-0.4, -0.2) is 29.3 Å². The fourth-order valence-electron chi connectivity index (χ4n) is 3.37. The Hall–Kier alpha value is -2.04. The first-order valence-corrected chi connectivity index (χ1v) is 7.97. The maximum Gasteiger partial charge on any atom is 0.415 e. The van der Waals surface area contributed by atoms with Gasteiger partial charge in [0.25, 0.3) is 0 Å². The Morgan fingerprint density at radius 1 is 1.09 bits per heavy atom. The zero-order chi connectivity index (χ0) is 15.5. The second-order valence-electron chi connectivity index (χ2n) is 6.05. The smallest absolute Gasteiger partial charge is 0.415 e. The molecule has 0 unspecified atom stereocenters. The molecule has 0 bridgehead atoms. The van der Waals surface area contributed by atoms with Gasteiger partial charge in [-0.05, 0) is 37.3 Å². The van der Waals surface area contributed by atoms with Crippen molar-refractivity contribution in [1.29, 1.82) is 0 Å². The van der Waals surface area contributed by atoms with Gasteiger partial charge in [-0.3, -0.25) is 4.90 Å². The van der Waals surface area contributed by atoms with Gasteiger partial charge in [-0.1, -0.05) is 31.0 Å². The first-order valence-electron chi connectivity index (χ1n) is 7.97. The van der Waals surface area contributed by atoms with E-state index in [4.69, 9.17) is 4.74 Å². The van der Waals surface area contributed by atoms with E-state index in [2.05, 4.69) is 0 Å². The van der Waals surface area contributed by atoms with Crippen LogP contribution in [0.4, 0.5) is 10.5 Å². The summed E-state index contributed by atoms with van der Waals surface area (Å²) in [4.78, 5) is 25.3. The summed E-state index contributed by atoms with van der Waals surface area (Å²) in [7, 11) is 0. The van der Waals surface area contributed by atoms with Gasteiger partial charge in [-0.25, -0.2) is 9.59 Å². The SMILES string of the molecule is O=C(O)[C@H]1Cc2ccccc2N1C(=O)OC1CCCCCC1. The zero-order valence-electron chi connectivity index (χ0n) is 12.5. The average Bonchev–Trinajstić information content (AvgIpc) is 2.72. The maximum absolute atomic E-state index is 12.5. The van der Waals surface area contributed by atoms with Gasteiger partial charge >= 0.3 is 12.1 Å². The van der Waals surface area contributed by atoms with Gasteiger partial charge in [0.05, 0.1) is 5.69 Å². The minimum atomic E-state index is -0.992. The van der Waals surface area contributed by atoms with Crippen molar-refractivity contribution in [3.63, 3.8) is 0 Å². The summed E-state index contributed by atoms with van der Waals surface area (Å²) in [5.74, 6) is -0.992. The summed E-state index contributed by atoms with van der Waals surface area (Å²) in [6.45, 7) is 0. The Bertz CT molecular complexity index is 564. The van der Waals surface area contributed by atoms with Gasteiger partial charge in [0.2, 0.25) is 0 Å². The van der Waals surface area contributed by atoms with Crippen molar-refractivity contribution in [2.75, 3.05) is 4.90 Å². The number of carboxylic acids is 1. The molecule has 0 aromatic heterocycles. The van der Waals surface area contributed by atoms with Crippen LogP contribution in [-0.2, 0) is 16.0 Å². The summed E-state index contributed by atoms with van der Waals surface area (Å²) in [6.07, 6.45) is 5.97. The predicted octanol–water partition coefficient (Wildman–Crippen LogP) is 3.36. The lowest BCUT2D eigenvalue weighted by atomic mass is 10.1. The fourth-order valence-corrected chi connectivity index (χ4v) is 3.37. The van der Waals surface area contributed by atoms with Crippen LogP contribution in [0.2, 0.25) is 0 Å². The number of carbonyl (C=O) groups is 2. The van der Waals surface area contributed by atoms with E-state index in [-0.39, 0.29) is 6.10 Å².